The highest BCUT2D eigenvalue weighted by molar-refractivity contribution is 6.39. The van der Waals surface area contributed by atoms with E-state index < -0.39 is 29.1 Å². The molecule has 4 saturated carbocycles. The molecule has 1 aromatic rings. The number of hydrogen-bond acceptors (Lipinski definition) is 2. The monoisotopic (exact) mass is 362 g/mol. The Morgan fingerprint density at radius 1 is 1.00 bits per heavy atom. The molecule has 0 aliphatic heterocycles. The van der Waals surface area contributed by atoms with Crippen molar-refractivity contribution in [1.82, 2.24) is 5.32 Å². The second-order valence-electron chi connectivity index (χ2n) is 8.53. The summed E-state index contributed by atoms with van der Waals surface area (Å²) in [6, 6.07) is 3.15. The highest BCUT2D eigenvalue weighted by Gasteiger charge is 2.53. The summed E-state index contributed by atoms with van der Waals surface area (Å²) < 4.78 is 27.3. The molecule has 4 bridgehead atoms. The average Bonchev–Trinajstić information content (AvgIpc) is 2.56. The van der Waals surface area contributed by atoms with Crippen LogP contribution in [0.3, 0.4) is 0 Å². The summed E-state index contributed by atoms with van der Waals surface area (Å²) in [7, 11) is 0. The van der Waals surface area contributed by atoms with E-state index >= 15 is 0 Å². The molecule has 4 aliphatic rings. The number of halogens is 2. The lowest BCUT2D eigenvalue weighted by Gasteiger charge is -2.59. The van der Waals surface area contributed by atoms with Crippen molar-refractivity contribution in [3.63, 3.8) is 0 Å². The molecule has 140 valence electrons. The highest BCUT2D eigenvalue weighted by atomic mass is 19.1. The van der Waals surface area contributed by atoms with Gasteiger partial charge in [-0.25, -0.2) is 8.78 Å². The van der Waals surface area contributed by atoms with E-state index in [0.717, 1.165) is 49.1 Å². The van der Waals surface area contributed by atoms with Crippen molar-refractivity contribution in [3.05, 3.63) is 29.8 Å². The van der Waals surface area contributed by atoms with Gasteiger partial charge in [0.05, 0.1) is 0 Å². The van der Waals surface area contributed by atoms with Crippen LogP contribution in [0.15, 0.2) is 18.2 Å². The topological polar surface area (TPSA) is 58.2 Å². The zero-order chi connectivity index (χ0) is 18.5. The third-order valence-electron chi connectivity index (χ3n) is 6.76. The molecule has 4 fully saturated rings. The maximum absolute atomic E-state index is 13.7. The Morgan fingerprint density at radius 2 is 1.50 bits per heavy atom. The lowest BCUT2D eigenvalue weighted by Crippen LogP contribution is -2.57. The summed E-state index contributed by atoms with van der Waals surface area (Å²) in [5.41, 5.74) is -0.524. The van der Waals surface area contributed by atoms with Gasteiger partial charge in [-0.1, -0.05) is 6.07 Å². The molecule has 4 nitrogen and oxygen atoms in total. The van der Waals surface area contributed by atoms with Crippen molar-refractivity contribution >= 4 is 17.5 Å². The van der Waals surface area contributed by atoms with Gasteiger partial charge in [-0.3, -0.25) is 9.59 Å². The van der Waals surface area contributed by atoms with Crippen LogP contribution in [0.1, 0.15) is 45.4 Å². The molecule has 1 unspecified atom stereocenters. The van der Waals surface area contributed by atoms with Gasteiger partial charge < -0.3 is 10.6 Å². The van der Waals surface area contributed by atoms with E-state index in [1.807, 2.05) is 6.92 Å². The zero-order valence-electron chi connectivity index (χ0n) is 14.9. The summed E-state index contributed by atoms with van der Waals surface area (Å²) in [6.45, 7) is 1.96. The quantitative estimate of drug-likeness (QED) is 0.807. The predicted molar refractivity (Wildman–Crippen MR) is 93.2 cm³/mol. The number of amides is 2. The first-order valence-electron chi connectivity index (χ1n) is 9.42. The Bertz CT molecular complexity index is 694. The lowest BCUT2D eigenvalue weighted by atomic mass is 9.48. The Kier molecular flexibility index (Phi) is 4.24. The predicted octanol–water partition coefficient (Wildman–Crippen LogP) is 3.62. The van der Waals surface area contributed by atoms with Gasteiger partial charge in [0.2, 0.25) is 0 Å². The number of nitrogens with one attached hydrogen (secondary N) is 2. The molecule has 6 heteroatoms. The van der Waals surface area contributed by atoms with Gasteiger partial charge in [-0.15, -0.1) is 0 Å². The third kappa shape index (κ3) is 2.99. The molecule has 26 heavy (non-hydrogen) atoms. The van der Waals surface area contributed by atoms with Crippen LogP contribution in [0.2, 0.25) is 0 Å². The number of carbonyl (C=O) groups is 2. The van der Waals surface area contributed by atoms with Crippen LogP contribution in [0, 0.1) is 34.8 Å². The lowest BCUT2D eigenvalue weighted by molar-refractivity contribution is -0.138. The Morgan fingerprint density at radius 3 is 2.00 bits per heavy atom. The molecule has 2 N–H and O–H groups in total. The number of anilines is 1. The normalized spacial score (nSPS) is 33.0. The fraction of sp³-hybridized carbons (Fsp3) is 0.600. The summed E-state index contributed by atoms with van der Waals surface area (Å²) >= 11 is 0. The second-order valence-corrected chi connectivity index (χ2v) is 8.53. The Hall–Kier alpha value is -1.98. The standard InChI is InChI=1S/C20H24F2N2O2/c1-11(20-8-12-5-13(9-20)7-14(6-12)10-20)23-18(25)19(26)24-17-15(21)3-2-4-16(17)22/h2-4,11-14H,5-10H2,1H3,(H,23,25)(H,24,26). The maximum Gasteiger partial charge on any atom is 0.313 e. The van der Waals surface area contributed by atoms with E-state index in [4.69, 9.17) is 0 Å². The van der Waals surface area contributed by atoms with Gasteiger partial charge >= 0.3 is 11.8 Å². The summed E-state index contributed by atoms with van der Waals surface area (Å²) in [5.74, 6) is -1.46. The van der Waals surface area contributed by atoms with E-state index in [9.17, 15) is 18.4 Å². The first kappa shape index (κ1) is 17.4. The Labute approximate surface area is 151 Å². The van der Waals surface area contributed by atoms with E-state index in [1.165, 1.54) is 25.3 Å². The number of carbonyl (C=O) groups excluding carboxylic acids is 2. The fourth-order valence-electron chi connectivity index (χ4n) is 5.91. The van der Waals surface area contributed by atoms with Gasteiger partial charge in [-0.2, -0.15) is 0 Å². The van der Waals surface area contributed by atoms with Crippen molar-refractivity contribution in [2.75, 3.05) is 5.32 Å². The van der Waals surface area contributed by atoms with E-state index in [1.54, 1.807) is 0 Å². The first-order chi connectivity index (χ1) is 12.4. The maximum atomic E-state index is 13.7. The van der Waals surface area contributed by atoms with E-state index in [2.05, 4.69) is 10.6 Å². The number of benzene rings is 1. The minimum atomic E-state index is -1.04. The minimum absolute atomic E-state index is 0.0634. The molecular formula is C20H24F2N2O2. The number of rotatable bonds is 3. The summed E-state index contributed by atoms with van der Waals surface area (Å²) in [4.78, 5) is 24.4. The molecule has 0 heterocycles. The van der Waals surface area contributed by atoms with Crippen molar-refractivity contribution < 1.29 is 18.4 Å². The van der Waals surface area contributed by atoms with Crippen molar-refractivity contribution in [2.24, 2.45) is 23.2 Å². The SMILES string of the molecule is CC(NC(=O)C(=O)Nc1c(F)cccc1F)C12CC3CC(CC(C3)C1)C2. The van der Waals surface area contributed by atoms with Gasteiger partial charge in [0, 0.05) is 6.04 Å². The van der Waals surface area contributed by atoms with Crippen LogP contribution >= 0.6 is 0 Å². The molecule has 5 rings (SSSR count). The molecule has 4 aliphatic carbocycles. The zero-order valence-corrected chi connectivity index (χ0v) is 14.9. The summed E-state index contributed by atoms with van der Waals surface area (Å²) in [6.07, 6.45) is 7.20. The van der Waals surface area contributed by atoms with E-state index in [0.29, 0.717) is 0 Å². The molecule has 2 amide bonds. The number of para-hydroxylation sites is 1. The number of hydrogen-bond donors (Lipinski definition) is 2. The van der Waals surface area contributed by atoms with Gasteiger partial charge in [0.1, 0.15) is 17.3 Å². The molecule has 0 aromatic heterocycles. The molecule has 1 aromatic carbocycles. The highest BCUT2D eigenvalue weighted by Crippen LogP contribution is 2.61. The Balaban J connectivity index is 1.42. The van der Waals surface area contributed by atoms with Crippen LogP contribution in [0.25, 0.3) is 0 Å². The molecular weight excluding hydrogens is 338 g/mol. The van der Waals surface area contributed by atoms with Crippen LogP contribution in [-0.2, 0) is 9.59 Å². The second kappa shape index (κ2) is 6.32. The average molecular weight is 362 g/mol. The molecule has 0 saturated heterocycles. The van der Waals surface area contributed by atoms with Crippen LogP contribution in [0.5, 0.6) is 0 Å². The minimum Gasteiger partial charge on any atom is -0.345 e. The van der Waals surface area contributed by atoms with E-state index in [-0.39, 0.29) is 11.5 Å². The third-order valence-corrected chi connectivity index (χ3v) is 6.76. The van der Waals surface area contributed by atoms with Crippen LogP contribution in [0.4, 0.5) is 14.5 Å². The van der Waals surface area contributed by atoms with Crippen molar-refractivity contribution in [3.8, 4) is 0 Å². The molecule has 1 atom stereocenters. The molecule has 0 radical (unpaired) electrons. The smallest absolute Gasteiger partial charge is 0.313 e. The molecule has 0 spiro atoms. The van der Waals surface area contributed by atoms with Crippen molar-refractivity contribution in [1.29, 1.82) is 0 Å². The fourth-order valence-corrected chi connectivity index (χ4v) is 5.91. The summed E-state index contributed by atoms with van der Waals surface area (Å²) in [5, 5.41) is 4.86. The van der Waals surface area contributed by atoms with Crippen LogP contribution in [-0.4, -0.2) is 17.9 Å². The van der Waals surface area contributed by atoms with Gasteiger partial charge in [0.25, 0.3) is 0 Å². The largest absolute Gasteiger partial charge is 0.345 e. The first-order valence-corrected chi connectivity index (χ1v) is 9.42. The van der Waals surface area contributed by atoms with Gasteiger partial charge in [-0.05, 0) is 80.8 Å². The van der Waals surface area contributed by atoms with Gasteiger partial charge in [0.15, 0.2) is 0 Å². The van der Waals surface area contributed by atoms with Crippen molar-refractivity contribution in [2.45, 2.75) is 51.5 Å². The van der Waals surface area contributed by atoms with Crippen LogP contribution < -0.4 is 10.6 Å².